The van der Waals surface area contributed by atoms with Crippen molar-refractivity contribution in [3.8, 4) is 6.07 Å². The van der Waals surface area contributed by atoms with E-state index in [4.69, 9.17) is 10.00 Å². The van der Waals surface area contributed by atoms with Gasteiger partial charge in [-0.15, -0.1) is 0 Å². The second-order valence-corrected chi connectivity index (χ2v) is 3.67. The van der Waals surface area contributed by atoms with E-state index in [-0.39, 0.29) is 5.56 Å². The van der Waals surface area contributed by atoms with E-state index in [9.17, 15) is 4.39 Å². The van der Waals surface area contributed by atoms with Gasteiger partial charge in [0.15, 0.2) is 0 Å². The van der Waals surface area contributed by atoms with E-state index >= 15 is 0 Å². The molecule has 0 amide bonds. The lowest BCUT2D eigenvalue weighted by Crippen LogP contribution is -2.07. The van der Waals surface area contributed by atoms with E-state index in [1.165, 1.54) is 6.07 Å². The second-order valence-electron chi connectivity index (χ2n) is 3.67. The van der Waals surface area contributed by atoms with Crippen molar-refractivity contribution < 1.29 is 9.13 Å². The molecule has 0 saturated carbocycles. The molecular weight excluding hydrogens is 219 g/mol. The van der Waals surface area contributed by atoms with Gasteiger partial charge in [-0.25, -0.2) is 4.39 Å². The van der Waals surface area contributed by atoms with Crippen molar-refractivity contribution in [3.63, 3.8) is 0 Å². The summed E-state index contributed by atoms with van der Waals surface area (Å²) in [6.45, 7) is 4.17. The average molecular weight is 236 g/mol. The van der Waals surface area contributed by atoms with Gasteiger partial charge >= 0.3 is 0 Å². The minimum atomic E-state index is -0.486. The summed E-state index contributed by atoms with van der Waals surface area (Å²) < 4.78 is 18.6. The molecule has 0 saturated heterocycles. The van der Waals surface area contributed by atoms with Crippen LogP contribution < -0.4 is 5.32 Å². The van der Waals surface area contributed by atoms with Crippen LogP contribution in [0.5, 0.6) is 0 Å². The zero-order valence-corrected chi connectivity index (χ0v) is 10.0. The summed E-state index contributed by atoms with van der Waals surface area (Å²) in [6.07, 6.45) is 1.84. The van der Waals surface area contributed by atoms with Crippen molar-refractivity contribution in [1.29, 1.82) is 5.26 Å². The van der Waals surface area contributed by atoms with Crippen molar-refractivity contribution in [1.82, 2.24) is 0 Å². The first-order valence-electron chi connectivity index (χ1n) is 5.79. The van der Waals surface area contributed by atoms with Gasteiger partial charge in [-0.05, 0) is 25.0 Å². The second kappa shape index (κ2) is 7.64. The number of hydrogen-bond donors (Lipinski definition) is 1. The highest BCUT2D eigenvalue weighted by atomic mass is 19.1. The van der Waals surface area contributed by atoms with E-state index < -0.39 is 5.82 Å². The smallest absolute Gasteiger partial charge is 0.143 e. The minimum Gasteiger partial charge on any atom is -0.384 e. The lowest BCUT2D eigenvalue weighted by molar-refractivity contribution is 0.134. The fourth-order valence-corrected chi connectivity index (χ4v) is 1.43. The highest BCUT2D eigenvalue weighted by Crippen LogP contribution is 2.17. The Hall–Kier alpha value is -1.60. The molecule has 0 fully saturated rings. The Morgan fingerprint density at radius 1 is 1.41 bits per heavy atom. The Balaban J connectivity index is 2.37. The van der Waals surface area contributed by atoms with Gasteiger partial charge in [-0.3, -0.25) is 0 Å². The third-order valence-corrected chi connectivity index (χ3v) is 2.25. The largest absolute Gasteiger partial charge is 0.384 e. The molecule has 92 valence electrons. The molecule has 0 aliphatic rings. The summed E-state index contributed by atoms with van der Waals surface area (Å²) in [4.78, 5) is 0. The molecule has 0 heterocycles. The fraction of sp³-hybridized carbons (Fsp3) is 0.462. The maximum atomic E-state index is 13.2. The van der Waals surface area contributed by atoms with Crippen molar-refractivity contribution in [2.75, 3.05) is 25.1 Å². The first-order chi connectivity index (χ1) is 8.29. The normalized spacial score (nSPS) is 9.94. The van der Waals surface area contributed by atoms with Gasteiger partial charge in [0.2, 0.25) is 0 Å². The zero-order chi connectivity index (χ0) is 12.5. The third-order valence-electron chi connectivity index (χ3n) is 2.25. The fourth-order valence-electron chi connectivity index (χ4n) is 1.43. The lowest BCUT2D eigenvalue weighted by atomic mass is 10.2. The maximum absolute atomic E-state index is 13.2. The summed E-state index contributed by atoms with van der Waals surface area (Å²) in [5.74, 6) is -0.486. The summed E-state index contributed by atoms with van der Waals surface area (Å²) >= 11 is 0. The number of nitriles is 1. The third kappa shape index (κ3) is 4.41. The number of rotatable bonds is 7. The van der Waals surface area contributed by atoms with Gasteiger partial charge in [-0.1, -0.05) is 13.0 Å². The summed E-state index contributed by atoms with van der Waals surface area (Å²) in [5.41, 5.74) is 0.616. The molecule has 1 aromatic rings. The maximum Gasteiger partial charge on any atom is 0.143 e. The Bertz CT molecular complexity index is 387. The van der Waals surface area contributed by atoms with Crippen molar-refractivity contribution >= 4 is 5.69 Å². The molecule has 1 aromatic carbocycles. The Morgan fingerprint density at radius 3 is 2.94 bits per heavy atom. The molecule has 0 atom stereocenters. The number of nitrogens with one attached hydrogen (secondary N) is 1. The molecule has 0 radical (unpaired) electrons. The number of halogens is 1. The monoisotopic (exact) mass is 236 g/mol. The van der Waals surface area contributed by atoms with Crippen LogP contribution in [0.3, 0.4) is 0 Å². The van der Waals surface area contributed by atoms with Gasteiger partial charge in [0.1, 0.15) is 17.4 Å². The molecular formula is C13H17FN2O. The molecule has 0 spiro atoms. The Kier molecular flexibility index (Phi) is 6.05. The van der Waals surface area contributed by atoms with E-state index in [0.717, 1.165) is 19.4 Å². The predicted octanol–water partition coefficient (Wildman–Crippen LogP) is 2.93. The molecule has 0 aliphatic heterocycles. The van der Waals surface area contributed by atoms with Gasteiger partial charge in [-0.2, -0.15) is 5.26 Å². The highest BCUT2D eigenvalue weighted by Gasteiger charge is 2.06. The SMILES string of the molecule is CCCOCCCNc1cccc(F)c1C#N. The van der Waals surface area contributed by atoms with Crippen LogP contribution in [0.4, 0.5) is 10.1 Å². The lowest BCUT2D eigenvalue weighted by Gasteiger charge is -2.08. The van der Waals surface area contributed by atoms with Gasteiger partial charge in [0, 0.05) is 19.8 Å². The zero-order valence-electron chi connectivity index (χ0n) is 10.0. The molecule has 0 unspecified atom stereocenters. The van der Waals surface area contributed by atoms with Crippen LogP contribution >= 0.6 is 0 Å². The van der Waals surface area contributed by atoms with E-state index in [0.29, 0.717) is 18.8 Å². The molecule has 0 aliphatic carbocycles. The quantitative estimate of drug-likeness (QED) is 0.740. The number of benzene rings is 1. The Morgan fingerprint density at radius 2 is 2.24 bits per heavy atom. The summed E-state index contributed by atoms with van der Waals surface area (Å²) in [5, 5.41) is 11.9. The van der Waals surface area contributed by atoms with Crippen LogP contribution in [-0.4, -0.2) is 19.8 Å². The van der Waals surface area contributed by atoms with Gasteiger partial charge in [0.25, 0.3) is 0 Å². The molecule has 17 heavy (non-hydrogen) atoms. The molecule has 0 aromatic heterocycles. The van der Waals surface area contributed by atoms with E-state index in [1.807, 2.05) is 6.07 Å². The van der Waals surface area contributed by atoms with Crippen molar-refractivity contribution in [2.45, 2.75) is 19.8 Å². The molecule has 0 bridgehead atoms. The topological polar surface area (TPSA) is 45.0 Å². The summed E-state index contributed by atoms with van der Waals surface area (Å²) in [6, 6.07) is 6.43. The molecule has 1 N–H and O–H groups in total. The number of anilines is 1. The Labute approximate surface area is 101 Å². The first kappa shape index (κ1) is 13.5. The molecule has 1 rings (SSSR count). The van der Waals surface area contributed by atoms with Crippen LogP contribution in [0, 0.1) is 17.1 Å². The van der Waals surface area contributed by atoms with Crippen LogP contribution in [-0.2, 0) is 4.74 Å². The van der Waals surface area contributed by atoms with E-state index in [2.05, 4.69) is 12.2 Å². The van der Waals surface area contributed by atoms with Crippen LogP contribution in [0.2, 0.25) is 0 Å². The predicted molar refractivity (Wildman–Crippen MR) is 65.3 cm³/mol. The molecule has 4 heteroatoms. The minimum absolute atomic E-state index is 0.0713. The number of ether oxygens (including phenoxy) is 1. The molecule has 3 nitrogen and oxygen atoms in total. The van der Waals surface area contributed by atoms with Gasteiger partial charge < -0.3 is 10.1 Å². The standard InChI is InChI=1S/C13H17FN2O/c1-2-8-17-9-4-7-16-13-6-3-5-12(14)11(13)10-15/h3,5-6,16H,2,4,7-9H2,1H3. The average Bonchev–Trinajstić information content (AvgIpc) is 2.34. The van der Waals surface area contributed by atoms with Crippen LogP contribution in [0.25, 0.3) is 0 Å². The first-order valence-corrected chi connectivity index (χ1v) is 5.79. The number of nitrogens with zero attached hydrogens (tertiary/aromatic N) is 1. The van der Waals surface area contributed by atoms with Crippen LogP contribution in [0.15, 0.2) is 18.2 Å². The summed E-state index contributed by atoms with van der Waals surface area (Å²) in [7, 11) is 0. The van der Waals surface area contributed by atoms with Crippen molar-refractivity contribution in [3.05, 3.63) is 29.6 Å². The van der Waals surface area contributed by atoms with Gasteiger partial charge in [0.05, 0.1) is 5.69 Å². The highest BCUT2D eigenvalue weighted by molar-refractivity contribution is 5.57. The number of hydrogen-bond acceptors (Lipinski definition) is 3. The van der Waals surface area contributed by atoms with Crippen LogP contribution in [0.1, 0.15) is 25.3 Å². The van der Waals surface area contributed by atoms with E-state index in [1.54, 1.807) is 12.1 Å². The van der Waals surface area contributed by atoms with Crippen molar-refractivity contribution in [2.24, 2.45) is 0 Å².